The van der Waals surface area contributed by atoms with E-state index in [1.54, 1.807) is 0 Å². The summed E-state index contributed by atoms with van der Waals surface area (Å²) in [4.78, 5) is 2.40. The highest BCUT2D eigenvalue weighted by Crippen LogP contribution is 2.19. The molecule has 12 heavy (non-hydrogen) atoms. The van der Waals surface area contributed by atoms with Crippen LogP contribution in [-0.4, -0.2) is 25.0 Å². The van der Waals surface area contributed by atoms with Crippen LogP contribution in [0.5, 0.6) is 0 Å². The minimum atomic E-state index is 0.735. The first-order chi connectivity index (χ1) is 5.83. The molecule has 0 spiro atoms. The lowest BCUT2D eigenvalue weighted by atomic mass is 9.98. The van der Waals surface area contributed by atoms with Crippen molar-refractivity contribution in [1.29, 1.82) is 5.26 Å². The Morgan fingerprint density at radius 3 is 3.08 bits per heavy atom. The molecule has 0 bridgehead atoms. The molecule has 1 rings (SSSR count). The van der Waals surface area contributed by atoms with Crippen LogP contribution >= 0.6 is 0 Å². The molecule has 2 nitrogen and oxygen atoms in total. The molecule has 1 fully saturated rings. The van der Waals surface area contributed by atoms with E-state index in [0.717, 1.165) is 18.8 Å². The molecule has 0 aromatic rings. The third-order valence-electron chi connectivity index (χ3n) is 2.64. The Labute approximate surface area is 75.2 Å². The molecular formula is C10H18N2. The first-order valence-corrected chi connectivity index (χ1v) is 4.88. The average molecular weight is 166 g/mol. The Morgan fingerprint density at radius 1 is 1.50 bits per heavy atom. The van der Waals surface area contributed by atoms with Crippen molar-refractivity contribution in [2.24, 2.45) is 5.92 Å². The van der Waals surface area contributed by atoms with Crippen molar-refractivity contribution < 1.29 is 0 Å². The van der Waals surface area contributed by atoms with Crippen molar-refractivity contribution in [3.8, 4) is 6.07 Å². The zero-order chi connectivity index (χ0) is 8.81. The summed E-state index contributed by atoms with van der Waals surface area (Å²) in [6.45, 7) is 2.44. The molecule has 0 aromatic carbocycles. The van der Waals surface area contributed by atoms with Crippen LogP contribution in [0.2, 0.25) is 0 Å². The van der Waals surface area contributed by atoms with Gasteiger partial charge in [-0.3, -0.25) is 0 Å². The van der Waals surface area contributed by atoms with Crippen LogP contribution in [0.25, 0.3) is 0 Å². The third kappa shape index (κ3) is 3.23. The fourth-order valence-electron chi connectivity index (χ4n) is 1.94. The number of hydrogen-bond donors (Lipinski definition) is 0. The second-order valence-corrected chi connectivity index (χ2v) is 3.82. The molecule has 0 radical (unpaired) electrons. The fourth-order valence-corrected chi connectivity index (χ4v) is 1.94. The molecule has 1 unspecified atom stereocenters. The summed E-state index contributed by atoms with van der Waals surface area (Å²) in [5.74, 6) is 0.775. The van der Waals surface area contributed by atoms with Gasteiger partial charge in [-0.05, 0) is 38.8 Å². The highest BCUT2D eigenvalue weighted by Gasteiger charge is 2.14. The normalized spacial score (nSPS) is 26.2. The van der Waals surface area contributed by atoms with E-state index in [1.807, 2.05) is 0 Å². The molecule has 1 heterocycles. The van der Waals surface area contributed by atoms with Crippen molar-refractivity contribution in [3.05, 3.63) is 0 Å². The van der Waals surface area contributed by atoms with Gasteiger partial charge in [0.1, 0.15) is 0 Å². The van der Waals surface area contributed by atoms with Gasteiger partial charge in [0.05, 0.1) is 6.07 Å². The molecule has 0 aliphatic carbocycles. The Hall–Kier alpha value is -0.550. The van der Waals surface area contributed by atoms with E-state index in [-0.39, 0.29) is 0 Å². The van der Waals surface area contributed by atoms with Crippen LogP contribution in [-0.2, 0) is 0 Å². The lowest BCUT2D eigenvalue weighted by Gasteiger charge is -2.18. The monoisotopic (exact) mass is 166 g/mol. The molecular weight excluding hydrogens is 148 g/mol. The van der Waals surface area contributed by atoms with E-state index >= 15 is 0 Å². The Bertz CT molecular complexity index is 160. The number of nitriles is 1. The minimum Gasteiger partial charge on any atom is -0.306 e. The zero-order valence-corrected chi connectivity index (χ0v) is 7.92. The van der Waals surface area contributed by atoms with Gasteiger partial charge in [0.2, 0.25) is 0 Å². The maximum atomic E-state index is 8.47. The SMILES string of the molecule is CN1CCCCC(CCC#N)C1. The third-order valence-corrected chi connectivity index (χ3v) is 2.64. The molecule has 68 valence electrons. The molecule has 2 heteroatoms. The van der Waals surface area contributed by atoms with Gasteiger partial charge in [-0.25, -0.2) is 0 Å². The van der Waals surface area contributed by atoms with E-state index < -0.39 is 0 Å². The minimum absolute atomic E-state index is 0.735. The van der Waals surface area contributed by atoms with Gasteiger partial charge in [0, 0.05) is 13.0 Å². The predicted octanol–water partition coefficient (Wildman–Crippen LogP) is 2.02. The molecule has 0 saturated carbocycles. The number of likely N-dealkylation sites (tertiary alicyclic amines) is 1. The van der Waals surface area contributed by atoms with E-state index in [4.69, 9.17) is 5.26 Å². The van der Waals surface area contributed by atoms with Crippen LogP contribution in [0.1, 0.15) is 32.1 Å². The van der Waals surface area contributed by atoms with Crippen molar-refractivity contribution in [1.82, 2.24) is 4.90 Å². The summed E-state index contributed by atoms with van der Waals surface area (Å²) in [5, 5.41) is 8.47. The predicted molar refractivity (Wildman–Crippen MR) is 49.7 cm³/mol. The van der Waals surface area contributed by atoms with Crippen molar-refractivity contribution in [3.63, 3.8) is 0 Å². The fraction of sp³-hybridized carbons (Fsp3) is 0.900. The largest absolute Gasteiger partial charge is 0.306 e. The van der Waals surface area contributed by atoms with Crippen molar-refractivity contribution in [2.75, 3.05) is 20.1 Å². The average Bonchev–Trinajstić information content (AvgIpc) is 2.26. The number of rotatable bonds is 2. The van der Waals surface area contributed by atoms with Gasteiger partial charge >= 0.3 is 0 Å². The van der Waals surface area contributed by atoms with Gasteiger partial charge in [-0.1, -0.05) is 6.42 Å². The van der Waals surface area contributed by atoms with Gasteiger partial charge in [-0.2, -0.15) is 5.26 Å². The molecule has 1 saturated heterocycles. The molecule has 1 atom stereocenters. The van der Waals surface area contributed by atoms with Crippen molar-refractivity contribution in [2.45, 2.75) is 32.1 Å². The summed E-state index contributed by atoms with van der Waals surface area (Å²) in [6, 6.07) is 2.23. The summed E-state index contributed by atoms with van der Waals surface area (Å²) in [7, 11) is 2.19. The summed E-state index contributed by atoms with van der Waals surface area (Å²) >= 11 is 0. The van der Waals surface area contributed by atoms with Gasteiger partial charge in [0.25, 0.3) is 0 Å². The molecule has 0 aromatic heterocycles. The first kappa shape index (κ1) is 9.54. The molecule has 1 aliphatic heterocycles. The smallest absolute Gasteiger partial charge is 0.0621 e. The van der Waals surface area contributed by atoms with Crippen LogP contribution in [0.4, 0.5) is 0 Å². The van der Waals surface area contributed by atoms with Crippen LogP contribution in [0.15, 0.2) is 0 Å². The van der Waals surface area contributed by atoms with E-state index in [2.05, 4.69) is 18.0 Å². The number of nitrogens with zero attached hydrogens (tertiary/aromatic N) is 2. The van der Waals surface area contributed by atoms with E-state index in [1.165, 1.54) is 32.4 Å². The summed E-state index contributed by atoms with van der Waals surface area (Å²) in [5.41, 5.74) is 0. The van der Waals surface area contributed by atoms with Crippen LogP contribution in [0.3, 0.4) is 0 Å². The second-order valence-electron chi connectivity index (χ2n) is 3.82. The maximum absolute atomic E-state index is 8.47. The van der Waals surface area contributed by atoms with E-state index in [9.17, 15) is 0 Å². The Balaban J connectivity index is 2.27. The highest BCUT2D eigenvalue weighted by molar-refractivity contribution is 4.75. The quantitative estimate of drug-likeness (QED) is 0.627. The van der Waals surface area contributed by atoms with Gasteiger partial charge in [0.15, 0.2) is 0 Å². The lowest BCUT2D eigenvalue weighted by molar-refractivity contribution is 0.291. The Kier molecular flexibility index (Phi) is 4.10. The molecule has 1 aliphatic rings. The van der Waals surface area contributed by atoms with Gasteiger partial charge in [-0.15, -0.1) is 0 Å². The standard InChI is InChI=1S/C10H18N2/c1-12-8-3-2-5-10(9-12)6-4-7-11/h10H,2-6,8-9H2,1H3. The summed E-state index contributed by atoms with van der Waals surface area (Å²) < 4.78 is 0. The highest BCUT2D eigenvalue weighted by atomic mass is 15.1. The maximum Gasteiger partial charge on any atom is 0.0621 e. The lowest BCUT2D eigenvalue weighted by Crippen LogP contribution is -2.23. The van der Waals surface area contributed by atoms with Crippen LogP contribution in [0, 0.1) is 17.2 Å². The van der Waals surface area contributed by atoms with E-state index in [0.29, 0.717) is 0 Å². The van der Waals surface area contributed by atoms with Gasteiger partial charge < -0.3 is 4.90 Å². The second kappa shape index (κ2) is 5.16. The first-order valence-electron chi connectivity index (χ1n) is 4.88. The molecule has 0 N–H and O–H groups in total. The molecule has 0 amide bonds. The van der Waals surface area contributed by atoms with Crippen molar-refractivity contribution >= 4 is 0 Å². The topological polar surface area (TPSA) is 27.0 Å². The number of hydrogen-bond acceptors (Lipinski definition) is 2. The zero-order valence-electron chi connectivity index (χ0n) is 7.92. The summed E-state index contributed by atoms with van der Waals surface area (Å²) in [6.07, 6.45) is 5.84. The van der Waals surface area contributed by atoms with Crippen LogP contribution < -0.4 is 0 Å². The Morgan fingerprint density at radius 2 is 2.33 bits per heavy atom.